The van der Waals surface area contributed by atoms with Crippen molar-refractivity contribution in [2.24, 2.45) is 0 Å². The molecule has 6 nitrogen and oxygen atoms in total. The van der Waals surface area contributed by atoms with E-state index in [1.54, 1.807) is 25.5 Å². The summed E-state index contributed by atoms with van der Waals surface area (Å²) < 4.78 is 39.6. The van der Waals surface area contributed by atoms with Crippen molar-refractivity contribution in [2.45, 2.75) is 16.9 Å². The molecule has 2 aromatic heterocycles. The summed E-state index contributed by atoms with van der Waals surface area (Å²) in [4.78, 5) is 16.6. The van der Waals surface area contributed by atoms with Crippen molar-refractivity contribution in [3.63, 3.8) is 0 Å². The van der Waals surface area contributed by atoms with Crippen molar-refractivity contribution in [1.82, 2.24) is 14.1 Å². The lowest BCUT2D eigenvalue weighted by Crippen LogP contribution is -2.23. The van der Waals surface area contributed by atoms with Gasteiger partial charge in [-0.05, 0) is 47.7 Å². The predicted octanol–water partition coefficient (Wildman–Crippen LogP) is 3.44. The van der Waals surface area contributed by atoms with Gasteiger partial charge in [0.25, 0.3) is 0 Å². The summed E-state index contributed by atoms with van der Waals surface area (Å²) in [5.41, 5.74) is -3.10. The fourth-order valence-corrected chi connectivity index (χ4v) is 3.14. The molecule has 0 bridgehead atoms. The molecule has 0 aliphatic rings. The molecule has 0 fully saturated rings. The molecule has 0 unspecified atom stereocenters. The molecule has 0 saturated carbocycles. The molecule has 3 rings (SSSR count). The van der Waals surface area contributed by atoms with Crippen molar-refractivity contribution in [3.8, 4) is 11.6 Å². The van der Waals surface area contributed by atoms with Gasteiger partial charge >= 0.3 is 11.2 Å². The average Bonchev–Trinajstić information content (AvgIpc) is 2.88. The van der Waals surface area contributed by atoms with Gasteiger partial charge in [0.1, 0.15) is 0 Å². The first-order chi connectivity index (χ1) is 12.8. The lowest BCUT2D eigenvalue weighted by atomic mass is 10.2. The Morgan fingerprint density at radius 3 is 2.56 bits per heavy atom. The number of imidazole rings is 1. The summed E-state index contributed by atoms with van der Waals surface area (Å²) in [7, 11) is 1.73. The van der Waals surface area contributed by atoms with Gasteiger partial charge in [0.15, 0.2) is 0 Å². The summed E-state index contributed by atoms with van der Waals surface area (Å²) in [6.45, 7) is 0.195. The molecule has 0 amide bonds. The molecule has 3 aromatic rings. The van der Waals surface area contributed by atoms with Crippen LogP contribution in [-0.4, -0.2) is 31.8 Å². The molecule has 142 valence electrons. The van der Waals surface area contributed by atoms with E-state index in [1.807, 2.05) is 0 Å². The van der Waals surface area contributed by atoms with Gasteiger partial charge in [-0.3, -0.25) is 9.55 Å². The fourth-order valence-electron chi connectivity index (χ4n) is 2.60. The maximum Gasteiger partial charge on any atom is 0.446 e. The Labute approximate surface area is 156 Å². The number of nitrogens with one attached hydrogen (secondary N) is 1. The van der Waals surface area contributed by atoms with Crippen molar-refractivity contribution in [3.05, 3.63) is 65.0 Å². The Kier molecular flexibility index (Phi) is 5.17. The van der Waals surface area contributed by atoms with Gasteiger partial charge < -0.3 is 10.4 Å². The number of aromatic nitrogens is 3. The Balaban J connectivity index is 1.91. The highest BCUT2D eigenvalue weighted by Gasteiger charge is 2.29. The third kappa shape index (κ3) is 4.27. The number of rotatable bonds is 5. The second-order valence-corrected chi connectivity index (χ2v) is 6.70. The normalized spacial score (nSPS) is 11.6. The average molecular weight is 396 g/mol. The van der Waals surface area contributed by atoms with E-state index in [1.165, 1.54) is 35.0 Å². The zero-order valence-electron chi connectivity index (χ0n) is 14.1. The molecule has 0 spiro atoms. The standard InChI is InChI=1S/C17H15F3N4O2S/c1-21-14-8-22-7-6-11(14)9-23-10-15(25)24(16(23)26)12-2-4-13(5-3-12)27-17(18,19)20/h2-8,10,21,25H,9H2,1H3. The molecule has 0 aliphatic carbocycles. The Morgan fingerprint density at radius 2 is 1.93 bits per heavy atom. The molecule has 0 saturated heterocycles. The van der Waals surface area contributed by atoms with Crippen LogP contribution in [0.4, 0.5) is 18.9 Å². The summed E-state index contributed by atoms with van der Waals surface area (Å²) >= 11 is -0.244. The molecule has 0 aliphatic heterocycles. The lowest BCUT2D eigenvalue weighted by molar-refractivity contribution is -0.0328. The summed E-state index contributed by atoms with van der Waals surface area (Å²) in [6.07, 6.45) is 4.49. The molecule has 27 heavy (non-hydrogen) atoms. The van der Waals surface area contributed by atoms with E-state index in [0.29, 0.717) is 0 Å². The molecule has 2 heterocycles. The lowest BCUT2D eigenvalue weighted by Gasteiger charge is -2.08. The van der Waals surface area contributed by atoms with Gasteiger partial charge in [0.05, 0.1) is 30.3 Å². The van der Waals surface area contributed by atoms with Gasteiger partial charge in [-0.15, -0.1) is 0 Å². The first-order valence-electron chi connectivity index (χ1n) is 7.76. The molecule has 1 aromatic carbocycles. The second-order valence-electron chi connectivity index (χ2n) is 5.56. The van der Waals surface area contributed by atoms with E-state index in [2.05, 4.69) is 10.3 Å². The van der Waals surface area contributed by atoms with Gasteiger partial charge in [-0.25, -0.2) is 9.36 Å². The number of hydrogen-bond acceptors (Lipinski definition) is 5. The topological polar surface area (TPSA) is 72.1 Å². The maximum absolute atomic E-state index is 12.7. The van der Waals surface area contributed by atoms with Gasteiger partial charge in [0, 0.05) is 18.1 Å². The monoisotopic (exact) mass is 396 g/mol. The number of benzene rings is 1. The van der Waals surface area contributed by atoms with E-state index in [9.17, 15) is 23.1 Å². The number of halogens is 3. The van der Waals surface area contributed by atoms with Crippen molar-refractivity contribution in [1.29, 1.82) is 0 Å². The van der Waals surface area contributed by atoms with Crippen molar-refractivity contribution in [2.75, 3.05) is 12.4 Å². The minimum absolute atomic E-state index is 0.00586. The van der Waals surface area contributed by atoms with Crippen LogP contribution in [0.1, 0.15) is 5.56 Å². The number of pyridine rings is 1. The molecule has 2 N–H and O–H groups in total. The minimum atomic E-state index is -4.39. The molecule has 0 radical (unpaired) electrons. The predicted molar refractivity (Wildman–Crippen MR) is 96.5 cm³/mol. The highest BCUT2D eigenvalue weighted by atomic mass is 32.2. The zero-order chi connectivity index (χ0) is 19.6. The van der Waals surface area contributed by atoms with Crippen LogP contribution in [0.25, 0.3) is 5.69 Å². The zero-order valence-corrected chi connectivity index (χ0v) is 14.9. The van der Waals surface area contributed by atoms with Crippen LogP contribution in [0.3, 0.4) is 0 Å². The van der Waals surface area contributed by atoms with Crippen LogP contribution in [0.2, 0.25) is 0 Å². The van der Waals surface area contributed by atoms with E-state index in [4.69, 9.17) is 0 Å². The van der Waals surface area contributed by atoms with Gasteiger partial charge in [-0.2, -0.15) is 13.2 Å². The second kappa shape index (κ2) is 7.39. The number of anilines is 1. The number of hydrogen-bond donors (Lipinski definition) is 2. The number of alkyl halides is 3. The van der Waals surface area contributed by atoms with Crippen LogP contribution in [0.5, 0.6) is 5.88 Å². The number of aromatic hydroxyl groups is 1. The van der Waals surface area contributed by atoms with Crippen LogP contribution < -0.4 is 11.0 Å². The SMILES string of the molecule is CNc1cnccc1Cn1cc(O)n(-c2ccc(SC(F)(F)F)cc2)c1=O. The van der Waals surface area contributed by atoms with Crippen molar-refractivity contribution >= 4 is 17.4 Å². The quantitative estimate of drug-likeness (QED) is 0.647. The third-order valence-corrected chi connectivity index (χ3v) is 4.53. The van der Waals surface area contributed by atoms with Gasteiger partial charge in [0.2, 0.25) is 5.88 Å². The van der Waals surface area contributed by atoms with Gasteiger partial charge in [-0.1, -0.05) is 0 Å². The number of nitrogens with zero attached hydrogens (tertiary/aromatic N) is 3. The first-order valence-corrected chi connectivity index (χ1v) is 8.58. The molecule has 10 heteroatoms. The summed E-state index contributed by atoms with van der Waals surface area (Å²) in [6, 6.07) is 6.95. The van der Waals surface area contributed by atoms with Crippen LogP contribution in [0, 0.1) is 0 Å². The van der Waals surface area contributed by atoms with E-state index in [0.717, 1.165) is 15.8 Å². The largest absolute Gasteiger partial charge is 0.493 e. The third-order valence-electron chi connectivity index (χ3n) is 3.79. The molecular weight excluding hydrogens is 381 g/mol. The summed E-state index contributed by atoms with van der Waals surface area (Å²) in [5.74, 6) is -0.309. The van der Waals surface area contributed by atoms with E-state index >= 15 is 0 Å². The Hall–Kier alpha value is -2.88. The highest BCUT2D eigenvalue weighted by molar-refractivity contribution is 8.00. The molecule has 0 atom stereocenters. The van der Waals surface area contributed by atoms with Crippen LogP contribution in [-0.2, 0) is 6.54 Å². The minimum Gasteiger partial charge on any atom is -0.493 e. The van der Waals surface area contributed by atoms with Crippen molar-refractivity contribution < 1.29 is 18.3 Å². The maximum atomic E-state index is 12.7. The summed E-state index contributed by atoms with van der Waals surface area (Å²) in [5, 5.41) is 13.1. The Bertz CT molecular complexity index is 997. The van der Waals surface area contributed by atoms with Crippen LogP contribution in [0.15, 0.2) is 58.6 Å². The fraction of sp³-hybridized carbons (Fsp3) is 0.176. The smallest absolute Gasteiger partial charge is 0.446 e. The first kappa shape index (κ1) is 18.9. The Morgan fingerprint density at radius 1 is 1.22 bits per heavy atom. The van der Waals surface area contributed by atoms with E-state index < -0.39 is 11.2 Å². The molecular formula is C17H15F3N4O2S. The highest BCUT2D eigenvalue weighted by Crippen LogP contribution is 2.37. The number of thioether (sulfide) groups is 1. The van der Waals surface area contributed by atoms with E-state index in [-0.39, 0.29) is 34.8 Å². The van der Waals surface area contributed by atoms with Crippen LogP contribution >= 0.6 is 11.8 Å².